The fourth-order valence-electron chi connectivity index (χ4n) is 3.57. The molecular formula is C21H26ClF3N2O7. The van der Waals surface area contributed by atoms with Gasteiger partial charge in [0.25, 0.3) is 5.91 Å². The first kappa shape index (κ1) is 26.5. The van der Waals surface area contributed by atoms with Crippen molar-refractivity contribution in [3.8, 4) is 5.75 Å². The average molecular weight is 511 g/mol. The van der Waals surface area contributed by atoms with E-state index in [-0.39, 0.29) is 45.4 Å². The molecule has 1 heterocycles. The van der Waals surface area contributed by atoms with Crippen LogP contribution in [-0.2, 0) is 19.1 Å². The molecule has 0 unspecified atom stereocenters. The number of rotatable bonds is 10. The Hall–Kier alpha value is -2.12. The fourth-order valence-corrected chi connectivity index (χ4v) is 3.75. The van der Waals surface area contributed by atoms with E-state index in [0.717, 1.165) is 0 Å². The molecule has 0 bridgehead atoms. The summed E-state index contributed by atoms with van der Waals surface area (Å²) in [5.41, 5.74) is 0.512. The van der Waals surface area contributed by atoms with E-state index in [1.807, 2.05) is 0 Å². The van der Waals surface area contributed by atoms with Crippen molar-refractivity contribution in [2.45, 2.75) is 62.6 Å². The minimum absolute atomic E-state index is 0.0518. The maximum atomic E-state index is 12.3. The zero-order valence-corrected chi connectivity index (χ0v) is 18.8. The number of hydrogen-bond acceptors (Lipinski definition) is 7. The lowest BCUT2D eigenvalue weighted by Gasteiger charge is -2.34. The van der Waals surface area contributed by atoms with Gasteiger partial charge in [-0.05, 0) is 24.6 Å². The lowest BCUT2D eigenvalue weighted by atomic mass is 9.92. The lowest BCUT2D eigenvalue weighted by Crippen LogP contribution is -2.44. The number of carbonyl (C=O) groups excluding carboxylic acids is 2. The van der Waals surface area contributed by atoms with E-state index < -0.39 is 48.7 Å². The van der Waals surface area contributed by atoms with Gasteiger partial charge in [0.1, 0.15) is 12.4 Å². The Labute approximate surface area is 198 Å². The number of fused-ring (bicyclic) bond motifs is 1. The van der Waals surface area contributed by atoms with Gasteiger partial charge in [-0.15, -0.1) is 13.2 Å². The summed E-state index contributed by atoms with van der Waals surface area (Å²) in [6, 6.07) is 4.75. The molecule has 1 aliphatic heterocycles. The summed E-state index contributed by atoms with van der Waals surface area (Å²) in [6.07, 6.45) is -8.56. The Morgan fingerprint density at radius 1 is 1.21 bits per heavy atom. The maximum absolute atomic E-state index is 12.3. The van der Waals surface area contributed by atoms with Gasteiger partial charge >= 0.3 is 6.36 Å². The van der Waals surface area contributed by atoms with Gasteiger partial charge in [0.2, 0.25) is 5.91 Å². The first-order valence-corrected chi connectivity index (χ1v) is 11.1. The van der Waals surface area contributed by atoms with Crippen LogP contribution < -0.4 is 15.4 Å². The number of halogens is 4. The van der Waals surface area contributed by atoms with Crippen molar-refractivity contribution in [1.29, 1.82) is 0 Å². The van der Waals surface area contributed by atoms with Gasteiger partial charge in [-0.1, -0.05) is 11.6 Å². The van der Waals surface area contributed by atoms with Crippen molar-refractivity contribution in [1.82, 2.24) is 10.6 Å². The molecule has 1 saturated carbocycles. The van der Waals surface area contributed by atoms with Crippen molar-refractivity contribution >= 4 is 23.4 Å². The third-order valence-electron chi connectivity index (χ3n) is 5.44. The number of ether oxygens (including phenoxy) is 3. The van der Waals surface area contributed by atoms with Crippen molar-refractivity contribution in [2.24, 2.45) is 0 Å². The highest BCUT2D eigenvalue weighted by molar-refractivity contribution is 6.30. The van der Waals surface area contributed by atoms with Gasteiger partial charge in [-0.2, -0.15) is 0 Å². The van der Waals surface area contributed by atoms with Crippen LogP contribution in [0.1, 0.15) is 37.4 Å². The van der Waals surface area contributed by atoms with E-state index in [1.165, 1.54) is 0 Å². The minimum atomic E-state index is -4.69. The van der Waals surface area contributed by atoms with Crippen LogP contribution in [-0.4, -0.2) is 72.5 Å². The second-order valence-electron chi connectivity index (χ2n) is 8.17. The van der Waals surface area contributed by atoms with Crippen LogP contribution in [0.5, 0.6) is 5.75 Å². The minimum Gasteiger partial charge on any atom is -0.480 e. The lowest BCUT2D eigenvalue weighted by molar-refractivity contribution is -0.357. The third kappa shape index (κ3) is 7.98. The maximum Gasteiger partial charge on any atom is 0.522 e. The van der Waals surface area contributed by atoms with Gasteiger partial charge in [-0.3, -0.25) is 14.3 Å². The molecule has 2 aliphatic rings. The van der Waals surface area contributed by atoms with Gasteiger partial charge in [0, 0.05) is 42.9 Å². The normalized spacial score (nSPS) is 24.9. The number of aliphatic hydroxyl groups excluding tert-OH is 2. The fraction of sp³-hybridized carbons (Fsp3) is 0.619. The van der Waals surface area contributed by atoms with E-state index in [9.17, 15) is 33.0 Å². The first-order chi connectivity index (χ1) is 16.0. The average Bonchev–Trinajstić information content (AvgIpc) is 2.73. The summed E-state index contributed by atoms with van der Waals surface area (Å²) in [5.74, 6) is -0.595. The molecule has 0 aromatic heterocycles. The number of amides is 2. The van der Waals surface area contributed by atoms with Crippen LogP contribution in [0.3, 0.4) is 0 Å². The molecule has 0 saturated heterocycles. The molecule has 1 aliphatic carbocycles. The zero-order valence-electron chi connectivity index (χ0n) is 18.0. The Morgan fingerprint density at radius 3 is 2.65 bits per heavy atom. The molecule has 9 nitrogen and oxygen atoms in total. The van der Waals surface area contributed by atoms with Crippen LogP contribution in [0.15, 0.2) is 18.2 Å². The van der Waals surface area contributed by atoms with Gasteiger partial charge < -0.3 is 30.3 Å². The Morgan fingerprint density at radius 2 is 1.94 bits per heavy atom. The Balaban J connectivity index is 1.26. The molecule has 4 N–H and O–H groups in total. The number of carbonyl (C=O) groups is 2. The zero-order chi connectivity index (χ0) is 24.9. The highest BCUT2D eigenvalue weighted by Gasteiger charge is 2.40. The molecule has 0 radical (unpaired) electrons. The van der Waals surface area contributed by atoms with Crippen molar-refractivity contribution < 1.29 is 47.2 Å². The Kier molecular flexibility index (Phi) is 8.99. The SMILES string of the molecule is O=C(COC1CC(OC(F)(F)F)C1)NC[C@@H](O)CCNC(=O)[C@H]1C[C@@H](O)c2cc(Cl)ccc2O1. The van der Waals surface area contributed by atoms with Crippen LogP contribution in [0, 0.1) is 0 Å². The van der Waals surface area contributed by atoms with Gasteiger partial charge in [0.05, 0.1) is 24.4 Å². The molecule has 1 fully saturated rings. The van der Waals surface area contributed by atoms with E-state index in [2.05, 4.69) is 15.4 Å². The molecule has 190 valence electrons. The second kappa shape index (κ2) is 11.5. The monoisotopic (exact) mass is 510 g/mol. The summed E-state index contributed by atoms with van der Waals surface area (Å²) in [7, 11) is 0. The predicted molar refractivity (Wildman–Crippen MR) is 112 cm³/mol. The largest absolute Gasteiger partial charge is 0.522 e. The van der Waals surface area contributed by atoms with Crippen molar-refractivity contribution in [3.63, 3.8) is 0 Å². The molecule has 13 heteroatoms. The highest BCUT2D eigenvalue weighted by Crippen LogP contribution is 2.36. The number of nitrogens with one attached hydrogen (secondary N) is 2. The molecule has 3 rings (SSSR count). The van der Waals surface area contributed by atoms with Crippen molar-refractivity contribution in [3.05, 3.63) is 28.8 Å². The van der Waals surface area contributed by atoms with E-state index >= 15 is 0 Å². The number of aliphatic hydroxyl groups is 2. The third-order valence-corrected chi connectivity index (χ3v) is 5.68. The van der Waals surface area contributed by atoms with Crippen LogP contribution >= 0.6 is 11.6 Å². The van der Waals surface area contributed by atoms with Crippen molar-refractivity contribution in [2.75, 3.05) is 19.7 Å². The number of benzene rings is 1. The topological polar surface area (TPSA) is 126 Å². The van der Waals surface area contributed by atoms with Gasteiger partial charge in [-0.25, -0.2) is 0 Å². The van der Waals surface area contributed by atoms with Crippen LogP contribution in [0.25, 0.3) is 0 Å². The van der Waals surface area contributed by atoms with Gasteiger partial charge in [0.15, 0.2) is 6.10 Å². The molecular weight excluding hydrogens is 485 g/mol. The summed E-state index contributed by atoms with van der Waals surface area (Å²) in [5, 5.41) is 25.7. The summed E-state index contributed by atoms with van der Waals surface area (Å²) >= 11 is 5.91. The molecule has 0 spiro atoms. The van der Waals surface area contributed by atoms with E-state index in [4.69, 9.17) is 21.1 Å². The predicted octanol–water partition coefficient (Wildman–Crippen LogP) is 1.59. The van der Waals surface area contributed by atoms with Crippen LogP contribution in [0.2, 0.25) is 5.02 Å². The summed E-state index contributed by atoms with van der Waals surface area (Å²) in [4.78, 5) is 24.1. The number of alkyl halides is 3. The van der Waals surface area contributed by atoms with E-state index in [0.29, 0.717) is 16.3 Å². The highest BCUT2D eigenvalue weighted by atomic mass is 35.5. The smallest absolute Gasteiger partial charge is 0.480 e. The summed E-state index contributed by atoms with van der Waals surface area (Å²) < 4.78 is 50.8. The molecule has 3 atom stereocenters. The van der Waals surface area contributed by atoms with Crippen LogP contribution in [0.4, 0.5) is 13.2 Å². The molecule has 1 aromatic carbocycles. The standard InChI is InChI=1S/C21H26ClF3N2O7/c22-11-1-2-17-15(5-11)16(29)8-18(33-17)20(31)26-4-3-12(28)9-27-19(30)10-32-13-6-14(7-13)34-21(23,24)25/h1-2,5,12-14,16,18,28-29H,3-4,6-10H2,(H,26,31)(H,27,30)/t12-,13?,14?,16+,18+/m0/s1. The molecule has 2 amide bonds. The second-order valence-corrected chi connectivity index (χ2v) is 8.60. The Bertz CT molecular complexity index is 867. The first-order valence-electron chi connectivity index (χ1n) is 10.7. The number of hydrogen-bond donors (Lipinski definition) is 4. The van der Waals surface area contributed by atoms with E-state index in [1.54, 1.807) is 18.2 Å². The molecule has 34 heavy (non-hydrogen) atoms. The summed E-state index contributed by atoms with van der Waals surface area (Å²) in [6.45, 7) is -0.325. The quantitative estimate of drug-likeness (QED) is 0.376. The molecule has 1 aromatic rings.